The summed E-state index contributed by atoms with van der Waals surface area (Å²) in [4.78, 5) is 56.1. The van der Waals surface area contributed by atoms with Gasteiger partial charge in [-0.15, -0.1) is 11.8 Å². The van der Waals surface area contributed by atoms with Crippen molar-refractivity contribution in [2.75, 3.05) is 11.5 Å². The lowest BCUT2D eigenvalue weighted by atomic mass is 9.68. The number of rotatable bonds is 5. The van der Waals surface area contributed by atoms with Crippen molar-refractivity contribution in [1.82, 2.24) is 4.57 Å². The van der Waals surface area contributed by atoms with Gasteiger partial charge >= 0.3 is 10.8 Å². The summed E-state index contributed by atoms with van der Waals surface area (Å²) >= 11 is 2.85. The van der Waals surface area contributed by atoms with E-state index < -0.39 is 5.97 Å². The van der Waals surface area contributed by atoms with E-state index in [1.165, 1.54) is 21.8 Å². The summed E-state index contributed by atoms with van der Waals surface area (Å²) in [6.45, 7) is 10.4. The number of thiazole rings is 1. The zero-order valence-corrected chi connectivity index (χ0v) is 26.7. The van der Waals surface area contributed by atoms with Gasteiger partial charge in [0.25, 0.3) is 0 Å². The number of hydrogen-bond donors (Lipinski definition) is 0. The van der Waals surface area contributed by atoms with Gasteiger partial charge in [0.05, 0.1) is 29.2 Å². The molecule has 1 aromatic heterocycles. The van der Waals surface area contributed by atoms with E-state index in [1.54, 1.807) is 23.3 Å². The zero-order chi connectivity index (χ0) is 30.4. The van der Waals surface area contributed by atoms with Gasteiger partial charge in [-0.05, 0) is 66.7 Å². The molecule has 2 saturated carbocycles. The maximum atomic E-state index is 14.0. The number of carbonyl (C=O) groups excluding carboxylic acids is 3. The fourth-order valence-electron chi connectivity index (χ4n) is 8.10. The van der Waals surface area contributed by atoms with Crippen molar-refractivity contribution in [1.29, 1.82) is 0 Å². The number of fused-ring (bicyclic) bond motifs is 9. The van der Waals surface area contributed by atoms with Gasteiger partial charge in [-0.25, -0.2) is 0 Å². The molecule has 7 unspecified atom stereocenters. The maximum absolute atomic E-state index is 14.0. The number of imide groups is 1. The highest BCUT2D eigenvalue weighted by molar-refractivity contribution is 8.00. The standard InChI is InChI=1S/C34H36N2O5S2/c1-6-41-23(37)16-35-32-29(43-33(35)40)24(18-9-11-19(12-10-18)34(3,4)5)25-21-15-22(28(25)42-32)27-26(21)30(38)36(31(27)39)20-13-7-17(2)8-14-20/h7-14,21-22,24-28H,6,15-16H2,1-5H3. The topological polar surface area (TPSA) is 85.7 Å². The Kier molecular flexibility index (Phi) is 6.78. The van der Waals surface area contributed by atoms with Crippen LogP contribution in [-0.4, -0.2) is 34.2 Å². The van der Waals surface area contributed by atoms with E-state index >= 15 is 0 Å². The number of anilines is 1. The number of hydrogen-bond acceptors (Lipinski definition) is 7. The molecule has 43 heavy (non-hydrogen) atoms. The van der Waals surface area contributed by atoms with Crippen molar-refractivity contribution in [3.63, 3.8) is 0 Å². The van der Waals surface area contributed by atoms with Gasteiger partial charge in [0.15, 0.2) is 0 Å². The highest BCUT2D eigenvalue weighted by Gasteiger charge is 2.69. The van der Waals surface area contributed by atoms with E-state index in [9.17, 15) is 19.2 Å². The van der Waals surface area contributed by atoms with Gasteiger partial charge in [-0.3, -0.25) is 28.6 Å². The van der Waals surface area contributed by atoms with Gasteiger partial charge in [0.1, 0.15) is 6.54 Å². The van der Waals surface area contributed by atoms with Crippen molar-refractivity contribution in [2.24, 2.45) is 29.6 Å². The molecule has 3 aromatic rings. The Morgan fingerprint density at radius 2 is 1.60 bits per heavy atom. The number of nitrogens with zero attached hydrogens (tertiary/aromatic N) is 2. The first-order valence-corrected chi connectivity index (χ1v) is 16.8. The Morgan fingerprint density at radius 1 is 0.953 bits per heavy atom. The minimum Gasteiger partial charge on any atom is -0.465 e. The van der Waals surface area contributed by atoms with E-state index in [-0.39, 0.29) is 76.0 Å². The second-order valence-electron chi connectivity index (χ2n) is 13.4. The van der Waals surface area contributed by atoms with Crippen LogP contribution in [0.15, 0.2) is 58.4 Å². The van der Waals surface area contributed by atoms with Crippen LogP contribution in [0.3, 0.4) is 0 Å². The van der Waals surface area contributed by atoms with Crippen LogP contribution in [0, 0.1) is 36.5 Å². The lowest BCUT2D eigenvalue weighted by molar-refractivity contribution is -0.144. The largest absolute Gasteiger partial charge is 0.465 e. The molecular formula is C34H36N2O5S2. The second kappa shape index (κ2) is 10.2. The minimum absolute atomic E-state index is 0.00185. The van der Waals surface area contributed by atoms with E-state index in [1.807, 2.05) is 31.2 Å². The average Bonchev–Trinajstić information content (AvgIpc) is 3.68. The first-order chi connectivity index (χ1) is 20.5. The number of amides is 2. The average molecular weight is 617 g/mol. The smallest absolute Gasteiger partial charge is 0.326 e. The van der Waals surface area contributed by atoms with Crippen LogP contribution in [0.5, 0.6) is 0 Å². The van der Waals surface area contributed by atoms with Gasteiger partial charge in [0, 0.05) is 16.0 Å². The molecule has 4 aliphatic rings. The van der Waals surface area contributed by atoms with Crippen LogP contribution >= 0.6 is 23.1 Å². The maximum Gasteiger partial charge on any atom is 0.326 e. The van der Waals surface area contributed by atoms with Crippen LogP contribution in [-0.2, 0) is 31.1 Å². The van der Waals surface area contributed by atoms with Crippen LogP contribution in [0.2, 0.25) is 0 Å². The summed E-state index contributed by atoms with van der Waals surface area (Å²) in [5.41, 5.74) is 4.06. The molecule has 0 N–H and O–H groups in total. The van der Waals surface area contributed by atoms with E-state index in [0.717, 1.165) is 27.5 Å². The fraction of sp³-hybridized carbons (Fsp3) is 0.471. The summed E-state index contributed by atoms with van der Waals surface area (Å²) < 4.78 is 6.78. The highest BCUT2D eigenvalue weighted by atomic mass is 32.2. The molecule has 7 rings (SSSR count). The van der Waals surface area contributed by atoms with Crippen molar-refractivity contribution < 1.29 is 19.1 Å². The van der Waals surface area contributed by atoms with Crippen molar-refractivity contribution in [3.05, 3.63) is 79.8 Å². The molecule has 2 aliphatic heterocycles. The predicted molar refractivity (Wildman–Crippen MR) is 168 cm³/mol. The molecule has 3 fully saturated rings. The summed E-state index contributed by atoms with van der Waals surface area (Å²) in [7, 11) is 0. The number of aryl methyl sites for hydroxylation is 1. The van der Waals surface area contributed by atoms with Crippen molar-refractivity contribution in [3.8, 4) is 0 Å². The number of thioether (sulfide) groups is 1. The Balaban J connectivity index is 1.32. The molecule has 0 radical (unpaired) electrons. The van der Waals surface area contributed by atoms with Gasteiger partial charge in [-0.1, -0.05) is 74.1 Å². The molecule has 7 nitrogen and oxygen atoms in total. The highest BCUT2D eigenvalue weighted by Crippen LogP contribution is 2.69. The molecule has 2 aromatic carbocycles. The Hall–Kier alpha value is -3.17. The molecule has 3 heterocycles. The number of carbonyl (C=O) groups is 3. The van der Waals surface area contributed by atoms with Crippen molar-refractivity contribution in [2.45, 2.75) is 69.2 Å². The Morgan fingerprint density at radius 3 is 2.23 bits per heavy atom. The van der Waals surface area contributed by atoms with E-state index in [4.69, 9.17) is 4.74 Å². The SMILES string of the molecule is CCOC(=O)Cn1c2c(sc1=O)C(c1ccc(C(C)(C)C)cc1)C1C3CC(C1S2)C1C(=O)N(c2ccc(C)cc2)C(=O)C31. The second-order valence-corrected chi connectivity index (χ2v) is 15.6. The Labute approximate surface area is 259 Å². The summed E-state index contributed by atoms with van der Waals surface area (Å²) in [5, 5.41) is 0.869. The number of ether oxygens (including phenoxy) is 1. The molecule has 2 amide bonds. The number of aromatic nitrogens is 1. The van der Waals surface area contributed by atoms with Crippen LogP contribution in [0.1, 0.15) is 61.6 Å². The normalized spacial score (nSPS) is 29.0. The number of esters is 1. The zero-order valence-electron chi connectivity index (χ0n) is 25.0. The molecule has 7 atom stereocenters. The fourth-order valence-corrected chi connectivity index (χ4v) is 11.2. The van der Waals surface area contributed by atoms with Crippen molar-refractivity contribution >= 4 is 46.6 Å². The Bertz CT molecular complexity index is 1680. The number of benzene rings is 2. The van der Waals surface area contributed by atoms with Crippen LogP contribution in [0.4, 0.5) is 5.69 Å². The van der Waals surface area contributed by atoms with E-state index in [2.05, 4.69) is 45.0 Å². The lowest BCUT2D eigenvalue weighted by Gasteiger charge is -2.43. The van der Waals surface area contributed by atoms with Gasteiger partial charge in [-0.2, -0.15) is 0 Å². The van der Waals surface area contributed by atoms with Gasteiger partial charge in [0.2, 0.25) is 11.8 Å². The molecule has 2 bridgehead atoms. The van der Waals surface area contributed by atoms with Gasteiger partial charge < -0.3 is 4.74 Å². The minimum atomic E-state index is -0.433. The predicted octanol–water partition coefficient (Wildman–Crippen LogP) is 5.76. The first kappa shape index (κ1) is 28.6. The third-order valence-electron chi connectivity index (χ3n) is 9.97. The monoisotopic (exact) mass is 616 g/mol. The molecule has 1 saturated heterocycles. The third-order valence-corrected chi connectivity index (χ3v) is 12.8. The quantitative estimate of drug-likeness (QED) is 0.268. The summed E-state index contributed by atoms with van der Waals surface area (Å²) in [6.07, 6.45) is 0.824. The summed E-state index contributed by atoms with van der Waals surface area (Å²) in [6, 6.07) is 16.3. The van der Waals surface area contributed by atoms with Crippen LogP contribution < -0.4 is 9.77 Å². The molecule has 2 aliphatic carbocycles. The van der Waals surface area contributed by atoms with E-state index in [0.29, 0.717) is 5.69 Å². The third kappa shape index (κ3) is 4.37. The summed E-state index contributed by atoms with van der Waals surface area (Å²) in [5.74, 6) is -1.26. The molecule has 9 heteroatoms. The van der Waals surface area contributed by atoms with Crippen LogP contribution in [0.25, 0.3) is 0 Å². The molecule has 224 valence electrons. The molecule has 0 spiro atoms. The first-order valence-electron chi connectivity index (χ1n) is 15.1. The molecular weight excluding hydrogens is 581 g/mol. The lowest BCUT2D eigenvalue weighted by Crippen LogP contribution is -2.43.